The molecule has 0 aliphatic heterocycles. The Labute approximate surface area is 62.2 Å². The second kappa shape index (κ2) is 5.23. The second-order valence-corrected chi connectivity index (χ2v) is 2.75. The van der Waals surface area contributed by atoms with Crippen molar-refractivity contribution in [2.75, 3.05) is 6.54 Å². The molecular formula is C7H16N2O. The number of rotatable bonds is 5. The lowest BCUT2D eigenvalue weighted by atomic mass is 10.3. The Morgan fingerprint density at radius 3 is 2.40 bits per heavy atom. The number of hydrogen-bond acceptors (Lipinski definition) is 2. The van der Waals surface area contributed by atoms with Crippen molar-refractivity contribution in [3.63, 3.8) is 0 Å². The van der Waals surface area contributed by atoms with Crippen molar-refractivity contribution >= 4 is 6.41 Å². The van der Waals surface area contributed by atoms with Crippen molar-refractivity contribution in [3.05, 3.63) is 0 Å². The Morgan fingerprint density at radius 2 is 2.00 bits per heavy atom. The molecule has 0 aliphatic rings. The van der Waals surface area contributed by atoms with E-state index in [0.29, 0.717) is 18.6 Å². The zero-order valence-corrected chi connectivity index (χ0v) is 6.85. The molecule has 0 radical (unpaired) electrons. The fourth-order valence-electron chi connectivity index (χ4n) is 0.853. The van der Waals surface area contributed by atoms with Crippen LogP contribution in [-0.4, -0.2) is 25.0 Å². The highest BCUT2D eigenvalue weighted by Crippen LogP contribution is 1.82. The molecule has 0 fully saturated rings. The van der Waals surface area contributed by atoms with E-state index in [2.05, 4.69) is 24.5 Å². The molecule has 3 nitrogen and oxygen atoms in total. The predicted molar refractivity (Wildman–Crippen MR) is 41.8 cm³/mol. The van der Waals surface area contributed by atoms with Crippen molar-refractivity contribution in [2.24, 2.45) is 0 Å². The van der Waals surface area contributed by atoms with Gasteiger partial charge in [0.15, 0.2) is 0 Å². The lowest BCUT2D eigenvalue weighted by Gasteiger charge is -2.15. The summed E-state index contributed by atoms with van der Waals surface area (Å²) in [4.78, 5) is 9.86. The molecule has 0 aromatic rings. The van der Waals surface area contributed by atoms with Gasteiger partial charge in [-0.1, -0.05) is 13.8 Å². The fraction of sp³-hybridized carbons (Fsp3) is 0.857. The second-order valence-electron chi connectivity index (χ2n) is 2.75. The van der Waals surface area contributed by atoms with Gasteiger partial charge in [-0.3, -0.25) is 4.79 Å². The molecule has 0 rings (SSSR count). The zero-order chi connectivity index (χ0) is 7.98. The maximum Gasteiger partial charge on any atom is 0.207 e. The summed E-state index contributed by atoms with van der Waals surface area (Å²) in [6.07, 6.45) is 0.721. The third-order valence-electron chi connectivity index (χ3n) is 1.13. The van der Waals surface area contributed by atoms with E-state index in [1.165, 1.54) is 0 Å². The van der Waals surface area contributed by atoms with Crippen LogP contribution in [0.15, 0.2) is 0 Å². The van der Waals surface area contributed by atoms with Gasteiger partial charge in [0.05, 0.1) is 0 Å². The molecule has 10 heavy (non-hydrogen) atoms. The first-order chi connectivity index (χ1) is 4.66. The van der Waals surface area contributed by atoms with E-state index in [1.54, 1.807) is 0 Å². The molecule has 0 heterocycles. The SMILES string of the molecule is CC(C)NC(C)CNC=O. The van der Waals surface area contributed by atoms with Crippen molar-refractivity contribution in [1.82, 2.24) is 10.6 Å². The van der Waals surface area contributed by atoms with Gasteiger partial charge in [-0.05, 0) is 6.92 Å². The van der Waals surface area contributed by atoms with E-state index in [4.69, 9.17) is 0 Å². The third kappa shape index (κ3) is 5.56. The van der Waals surface area contributed by atoms with E-state index >= 15 is 0 Å². The van der Waals surface area contributed by atoms with E-state index in [1.807, 2.05) is 6.92 Å². The quantitative estimate of drug-likeness (QED) is 0.538. The molecule has 1 unspecified atom stereocenters. The standard InChI is InChI=1S/C7H16N2O/c1-6(2)9-7(3)4-8-5-10/h5-7,9H,4H2,1-3H3,(H,8,10). The smallest absolute Gasteiger partial charge is 0.207 e. The minimum Gasteiger partial charge on any atom is -0.357 e. The lowest BCUT2D eigenvalue weighted by molar-refractivity contribution is -0.109. The Bertz CT molecular complexity index is 93.6. The number of nitrogens with one attached hydrogen (secondary N) is 2. The zero-order valence-electron chi connectivity index (χ0n) is 6.85. The summed E-state index contributed by atoms with van der Waals surface area (Å²) in [6.45, 7) is 6.90. The number of amides is 1. The molecular weight excluding hydrogens is 128 g/mol. The van der Waals surface area contributed by atoms with E-state index in [9.17, 15) is 4.79 Å². The van der Waals surface area contributed by atoms with Gasteiger partial charge < -0.3 is 10.6 Å². The lowest BCUT2D eigenvalue weighted by Crippen LogP contribution is -2.39. The Balaban J connectivity index is 3.24. The van der Waals surface area contributed by atoms with Crippen LogP contribution in [0.2, 0.25) is 0 Å². The largest absolute Gasteiger partial charge is 0.357 e. The van der Waals surface area contributed by atoms with Crippen LogP contribution in [0.3, 0.4) is 0 Å². The van der Waals surface area contributed by atoms with E-state index < -0.39 is 0 Å². The van der Waals surface area contributed by atoms with Crippen LogP contribution in [-0.2, 0) is 4.79 Å². The average Bonchev–Trinajstić information content (AvgIpc) is 1.82. The summed E-state index contributed by atoms with van der Waals surface area (Å²) in [5.41, 5.74) is 0. The van der Waals surface area contributed by atoms with Crippen LogP contribution in [0, 0.1) is 0 Å². The molecule has 1 atom stereocenters. The van der Waals surface area contributed by atoms with Crippen molar-refractivity contribution < 1.29 is 4.79 Å². The highest BCUT2D eigenvalue weighted by atomic mass is 16.1. The number of hydrogen-bond donors (Lipinski definition) is 2. The summed E-state index contributed by atoms with van der Waals surface area (Å²) in [7, 11) is 0. The van der Waals surface area contributed by atoms with Gasteiger partial charge >= 0.3 is 0 Å². The van der Waals surface area contributed by atoms with Crippen molar-refractivity contribution in [2.45, 2.75) is 32.9 Å². The topological polar surface area (TPSA) is 41.1 Å². The van der Waals surface area contributed by atoms with Gasteiger partial charge in [0.1, 0.15) is 0 Å². The molecule has 0 aliphatic carbocycles. The minimum absolute atomic E-state index is 0.352. The summed E-state index contributed by atoms with van der Waals surface area (Å²) >= 11 is 0. The first-order valence-corrected chi connectivity index (χ1v) is 3.60. The van der Waals surface area contributed by atoms with Crippen molar-refractivity contribution in [3.8, 4) is 0 Å². The van der Waals surface area contributed by atoms with Crippen molar-refractivity contribution in [1.29, 1.82) is 0 Å². The van der Waals surface area contributed by atoms with Gasteiger partial charge in [-0.15, -0.1) is 0 Å². The van der Waals surface area contributed by atoms with Crippen LogP contribution in [0.25, 0.3) is 0 Å². The summed E-state index contributed by atoms with van der Waals surface area (Å²) in [6, 6.07) is 0.827. The molecule has 2 N–H and O–H groups in total. The van der Waals surface area contributed by atoms with Gasteiger partial charge in [-0.2, -0.15) is 0 Å². The molecule has 0 spiro atoms. The fourth-order valence-corrected chi connectivity index (χ4v) is 0.853. The molecule has 60 valence electrons. The predicted octanol–water partition coefficient (Wildman–Crippen LogP) is 0.119. The van der Waals surface area contributed by atoms with Gasteiger partial charge in [-0.25, -0.2) is 0 Å². The maximum atomic E-state index is 9.86. The van der Waals surface area contributed by atoms with Crippen LogP contribution in [0.4, 0.5) is 0 Å². The van der Waals surface area contributed by atoms with E-state index in [-0.39, 0.29) is 0 Å². The summed E-state index contributed by atoms with van der Waals surface area (Å²) in [5, 5.41) is 5.87. The number of carbonyl (C=O) groups is 1. The minimum atomic E-state index is 0.352. The maximum absolute atomic E-state index is 9.86. The highest BCUT2D eigenvalue weighted by molar-refractivity contribution is 5.45. The molecule has 0 bridgehead atoms. The normalized spacial score (nSPS) is 13.2. The monoisotopic (exact) mass is 144 g/mol. The Hall–Kier alpha value is -0.570. The number of carbonyl (C=O) groups excluding carboxylic acids is 1. The molecule has 0 saturated heterocycles. The molecule has 0 aromatic carbocycles. The van der Waals surface area contributed by atoms with Gasteiger partial charge in [0, 0.05) is 18.6 Å². The Morgan fingerprint density at radius 1 is 1.40 bits per heavy atom. The van der Waals surface area contributed by atoms with E-state index in [0.717, 1.165) is 6.41 Å². The van der Waals surface area contributed by atoms with Crippen LogP contribution >= 0.6 is 0 Å². The van der Waals surface area contributed by atoms with Crippen LogP contribution in [0.1, 0.15) is 20.8 Å². The molecule has 3 heteroatoms. The third-order valence-corrected chi connectivity index (χ3v) is 1.13. The summed E-state index contributed by atoms with van der Waals surface area (Å²) < 4.78 is 0. The molecule has 0 saturated carbocycles. The van der Waals surface area contributed by atoms with Gasteiger partial charge in [0.25, 0.3) is 0 Å². The molecule has 0 aromatic heterocycles. The van der Waals surface area contributed by atoms with Gasteiger partial charge in [0.2, 0.25) is 6.41 Å². The first-order valence-electron chi connectivity index (χ1n) is 3.60. The molecule has 1 amide bonds. The first kappa shape index (κ1) is 9.43. The van der Waals surface area contributed by atoms with Crippen LogP contribution in [0.5, 0.6) is 0 Å². The average molecular weight is 144 g/mol. The van der Waals surface area contributed by atoms with Crippen LogP contribution < -0.4 is 10.6 Å². The Kier molecular flexibility index (Phi) is 4.94. The highest BCUT2D eigenvalue weighted by Gasteiger charge is 2.00. The summed E-state index contributed by atoms with van der Waals surface area (Å²) in [5.74, 6) is 0.